The molecule has 0 heterocycles. The zero-order valence-corrected chi connectivity index (χ0v) is 4.06. The van der Waals surface area contributed by atoms with E-state index in [1.54, 1.807) is 11.9 Å². The molecule has 0 aliphatic rings. The molecule has 28 valence electrons. The first-order valence-corrected chi connectivity index (χ1v) is 2.39. The van der Waals surface area contributed by atoms with E-state index in [1.165, 1.54) is 0 Å². The summed E-state index contributed by atoms with van der Waals surface area (Å²) in [6.07, 6.45) is 1.76. The summed E-state index contributed by atoms with van der Waals surface area (Å²) in [6.45, 7) is 1.84. The van der Waals surface area contributed by atoms with Crippen molar-refractivity contribution in [2.75, 3.05) is 0 Å². The van der Waals surface area contributed by atoms with Crippen LogP contribution in [-0.2, 0) is 4.57 Å². The average Bonchev–Trinajstić information content (AvgIpc) is 1.41. The van der Waals surface area contributed by atoms with Crippen molar-refractivity contribution >= 4 is 8.46 Å². The zero-order valence-electron chi connectivity index (χ0n) is 3.06. The molecule has 0 aromatic carbocycles. The molecule has 5 heavy (non-hydrogen) atoms. The molecule has 0 fully saturated rings. The van der Waals surface area contributed by atoms with Gasteiger partial charge in [-0.2, -0.15) is 0 Å². The van der Waals surface area contributed by atoms with Crippen molar-refractivity contribution in [2.24, 2.45) is 0 Å². The molecule has 1 nitrogen and oxygen atoms in total. The van der Waals surface area contributed by atoms with Crippen LogP contribution in [0, 0.1) is 0 Å². The van der Waals surface area contributed by atoms with Gasteiger partial charge in [0.1, 0.15) is 5.82 Å². The van der Waals surface area contributed by atoms with Crippen LogP contribution in [0.15, 0.2) is 11.9 Å². The van der Waals surface area contributed by atoms with Crippen molar-refractivity contribution in [3.63, 3.8) is 0 Å². The van der Waals surface area contributed by atoms with Gasteiger partial charge in [0, 0.05) is 0 Å². The molecule has 0 saturated heterocycles. The molecule has 0 N–H and O–H groups in total. The summed E-state index contributed by atoms with van der Waals surface area (Å²) in [4.78, 5) is 0. The van der Waals surface area contributed by atoms with E-state index < -0.39 is 0 Å². The predicted molar refractivity (Wildman–Crippen MR) is 23.8 cm³/mol. The van der Waals surface area contributed by atoms with Crippen molar-refractivity contribution in [3.05, 3.63) is 11.9 Å². The van der Waals surface area contributed by atoms with Crippen molar-refractivity contribution in [1.82, 2.24) is 0 Å². The maximum atomic E-state index is 9.47. The van der Waals surface area contributed by atoms with Gasteiger partial charge in [-0.25, -0.2) is 0 Å². The van der Waals surface area contributed by atoms with E-state index >= 15 is 0 Å². The van der Waals surface area contributed by atoms with Crippen molar-refractivity contribution in [3.8, 4) is 0 Å². The van der Waals surface area contributed by atoms with E-state index in [0.29, 0.717) is 0 Å². The molecule has 0 aromatic heterocycles. The maximum Gasteiger partial charge on any atom is 0.355 e. The highest BCUT2D eigenvalue weighted by atomic mass is 31.1. The van der Waals surface area contributed by atoms with E-state index in [4.69, 9.17) is 0 Å². The fraction of sp³-hybridized carbons (Fsp3) is 0.333. The number of hydrogen-bond donors (Lipinski definition) is 0. The second-order valence-corrected chi connectivity index (χ2v) is 1.19. The van der Waals surface area contributed by atoms with Crippen LogP contribution in [0.4, 0.5) is 0 Å². The normalized spacial score (nSPS) is 10.6. The lowest BCUT2D eigenvalue weighted by molar-refractivity contribution is 0.603. The minimum Gasteiger partial charge on any atom is -0.0714 e. The van der Waals surface area contributed by atoms with Gasteiger partial charge in [0.15, 0.2) is 0 Å². The molecule has 0 aliphatic carbocycles. The Kier molecular flexibility index (Phi) is 3.72. The molecule has 0 spiro atoms. The van der Waals surface area contributed by atoms with E-state index in [2.05, 4.69) is 0 Å². The van der Waals surface area contributed by atoms with Gasteiger partial charge in [-0.3, -0.25) is 0 Å². The van der Waals surface area contributed by atoms with Gasteiger partial charge in [0.2, 0.25) is 0 Å². The molecular weight excluding hydrogens is 83.0 g/mol. The highest BCUT2D eigenvalue weighted by Crippen LogP contribution is 1.88. The Balaban J connectivity index is 2.92. The van der Waals surface area contributed by atoms with Gasteiger partial charge in [-0.15, -0.1) is 0 Å². The zero-order chi connectivity index (χ0) is 4.12. The van der Waals surface area contributed by atoms with Crippen LogP contribution >= 0.6 is 8.46 Å². The largest absolute Gasteiger partial charge is 0.355 e. The molecule has 0 aromatic rings. The highest BCUT2D eigenvalue weighted by Gasteiger charge is 1.63. The van der Waals surface area contributed by atoms with E-state index in [-0.39, 0.29) is 8.46 Å². The minimum absolute atomic E-state index is 0.273. The number of hydrogen-bond acceptors (Lipinski definition) is 1. The number of allylic oxidation sites excluding steroid dienone is 1. The predicted octanol–water partition coefficient (Wildman–Crippen LogP) is 1.54. The van der Waals surface area contributed by atoms with Crippen LogP contribution in [0.2, 0.25) is 0 Å². The number of rotatable bonds is 1. The Bertz CT molecular complexity index is 48.9. The van der Waals surface area contributed by atoms with Gasteiger partial charge < -0.3 is 0 Å². The third kappa shape index (κ3) is 3.84. The fourth-order valence-electron chi connectivity index (χ4n) is 0.0680. The van der Waals surface area contributed by atoms with Crippen LogP contribution in [0.3, 0.4) is 0 Å². The molecule has 0 radical (unpaired) electrons. The summed E-state index contributed by atoms with van der Waals surface area (Å²) in [7, 11) is -0.273. The first-order chi connectivity index (χ1) is 2.41. The fourth-order valence-corrected chi connectivity index (χ4v) is 0.204. The SMILES string of the molecule is CC=C[PH+]=O. The monoisotopic (exact) mass is 89.0 g/mol. The Morgan fingerprint density at radius 1 is 1.80 bits per heavy atom. The molecule has 0 aliphatic heterocycles. The van der Waals surface area contributed by atoms with Crippen LogP contribution in [0.1, 0.15) is 6.92 Å². The lowest BCUT2D eigenvalue weighted by atomic mass is 10.8. The summed E-state index contributed by atoms with van der Waals surface area (Å²) in [5.41, 5.74) is 0. The summed E-state index contributed by atoms with van der Waals surface area (Å²) in [6, 6.07) is 0. The van der Waals surface area contributed by atoms with Gasteiger partial charge in [0.05, 0.1) is 0 Å². The van der Waals surface area contributed by atoms with E-state index in [9.17, 15) is 4.57 Å². The van der Waals surface area contributed by atoms with Gasteiger partial charge in [0.25, 0.3) is 0 Å². The van der Waals surface area contributed by atoms with Crippen LogP contribution in [0.5, 0.6) is 0 Å². The quantitative estimate of drug-likeness (QED) is 0.445. The Morgan fingerprint density at radius 2 is 2.40 bits per heavy atom. The molecule has 0 saturated carbocycles. The molecular formula is C3H6OP+. The second-order valence-electron chi connectivity index (χ2n) is 0.618. The van der Waals surface area contributed by atoms with E-state index in [1.807, 2.05) is 6.92 Å². The average molecular weight is 89.1 g/mol. The van der Waals surface area contributed by atoms with Gasteiger partial charge in [-0.05, 0) is 13.0 Å². The molecule has 0 bridgehead atoms. The van der Waals surface area contributed by atoms with Crippen molar-refractivity contribution in [1.29, 1.82) is 0 Å². The molecule has 2 heteroatoms. The van der Waals surface area contributed by atoms with Gasteiger partial charge >= 0.3 is 8.46 Å². The first kappa shape index (κ1) is 4.84. The smallest absolute Gasteiger partial charge is 0.0714 e. The van der Waals surface area contributed by atoms with Crippen LogP contribution < -0.4 is 0 Å². The van der Waals surface area contributed by atoms with E-state index in [0.717, 1.165) is 0 Å². The van der Waals surface area contributed by atoms with Gasteiger partial charge in [-0.1, -0.05) is 4.57 Å². The summed E-state index contributed by atoms with van der Waals surface area (Å²) in [5, 5.41) is 0. The van der Waals surface area contributed by atoms with Crippen LogP contribution in [-0.4, -0.2) is 0 Å². The lowest BCUT2D eigenvalue weighted by Gasteiger charge is -1.39. The Morgan fingerprint density at radius 3 is 2.40 bits per heavy atom. The topological polar surface area (TPSA) is 17.1 Å². The standard InChI is InChI=1S/C3H5OP/c1-2-3-5-4/h2-3H,1H3/p+1. The molecule has 0 amide bonds. The van der Waals surface area contributed by atoms with Crippen molar-refractivity contribution in [2.45, 2.75) is 6.92 Å². The minimum atomic E-state index is -0.273. The molecule has 0 rings (SSSR count). The third-order valence-corrected chi connectivity index (χ3v) is 0.704. The highest BCUT2D eigenvalue weighted by molar-refractivity contribution is 7.27. The Hall–Kier alpha value is -0.160. The Labute approximate surface area is 32.9 Å². The maximum absolute atomic E-state index is 9.47. The lowest BCUT2D eigenvalue weighted by Crippen LogP contribution is -1.22. The second kappa shape index (κ2) is 3.84. The third-order valence-electron chi connectivity index (χ3n) is 0.235. The first-order valence-electron chi connectivity index (χ1n) is 1.40. The summed E-state index contributed by atoms with van der Waals surface area (Å²) < 4.78 is 9.47. The van der Waals surface area contributed by atoms with Crippen molar-refractivity contribution < 1.29 is 4.57 Å². The summed E-state index contributed by atoms with van der Waals surface area (Å²) in [5.74, 6) is 1.60. The van der Waals surface area contributed by atoms with Crippen LogP contribution in [0.25, 0.3) is 0 Å². The summed E-state index contributed by atoms with van der Waals surface area (Å²) >= 11 is 0. The molecule has 1 atom stereocenters. The molecule has 1 unspecified atom stereocenters.